The van der Waals surface area contributed by atoms with Crippen LogP contribution >= 0.6 is 11.8 Å². The number of aryl methyl sites for hydroxylation is 1. The van der Waals surface area contributed by atoms with Crippen LogP contribution in [0, 0.1) is 6.92 Å². The van der Waals surface area contributed by atoms with E-state index in [1.807, 2.05) is 19.1 Å². The second-order valence-corrected chi connectivity index (χ2v) is 3.81. The molecule has 0 aliphatic heterocycles. The molecule has 0 atom stereocenters. The van der Waals surface area contributed by atoms with Gasteiger partial charge in [-0.15, -0.1) is 0 Å². The van der Waals surface area contributed by atoms with Gasteiger partial charge in [0.2, 0.25) is 0 Å². The molecule has 0 spiro atoms. The maximum Gasteiger partial charge on any atom is 0.303 e. The summed E-state index contributed by atoms with van der Waals surface area (Å²) in [5.74, 6) is 0.941. The molecule has 0 saturated heterocycles. The van der Waals surface area contributed by atoms with Gasteiger partial charge in [0.25, 0.3) is 0 Å². The third kappa shape index (κ3) is 4.03. The van der Waals surface area contributed by atoms with Crippen LogP contribution in [0.25, 0.3) is 0 Å². The van der Waals surface area contributed by atoms with Crippen LogP contribution in [0.1, 0.15) is 18.6 Å². The van der Waals surface area contributed by atoms with Crippen LogP contribution in [0.5, 0.6) is 0 Å². The van der Waals surface area contributed by atoms with Crippen molar-refractivity contribution in [3.63, 3.8) is 0 Å². The Hall–Kier alpha value is -0.900. The fraction of sp³-hybridized carbons (Fsp3) is 0.444. The van der Waals surface area contributed by atoms with E-state index in [1.54, 1.807) is 11.8 Å². The lowest BCUT2D eigenvalue weighted by molar-refractivity contribution is -0.137. The number of aliphatic carboxylic acids is 1. The van der Waals surface area contributed by atoms with Gasteiger partial charge in [-0.25, -0.2) is 0 Å². The zero-order chi connectivity index (χ0) is 9.68. The third-order valence-electron chi connectivity index (χ3n) is 1.50. The molecule has 0 amide bonds. The van der Waals surface area contributed by atoms with E-state index in [2.05, 4.69) is 0 Å². The van der Waals surface area contributed by atoms with E-state index in [1.165, 1.54) is 0 Å². The second-order valence-electron chi connectivity index (χ2n) is 2.71. The molecular formula is C9H12O3S. The van der Waals surface area contributed by atoms with Crippen LogP contribution in [-0.2, 0) is 4.79 Å². The predicted molar refractivity (Wildman–Crippen MR) is 51.0 cm³/mol. The van der Waals surface area contributed by atoms with Crippen molar-refractivity contribution in [2.75, 3.05) is 5.75 Å². The Morgan fingerprint density at radius 1 is 1.62 bits per heavy atom. The Morgan fingerprint density at radius 2 is 2.38 bits per heavy atom. The average Bonchev–Trinajstić information content (AvgIpc) is 2.45. The van der Waals surface area contributed by atoms with Crippen molar-refractivity contribution in [1.82, 2.24) is 0 Å². The van der Waals surface area contributed by atoms with Crippen molar-refractivity contribution in [3.05, 3.63) is 17.9 Å². The maximum atomic E-state index is 10.2. The zero-order valence-corrected chi connectivity index (χ0v) is 8.26. The van der Waals surface area contributed by atoms with E-state index in [-0.39, 0.29) is 6.42 Å². The fourth-order valence-electron chi connectivity index (χ4n) is 0.886. The molecule has 1 aromatic rings. The molecule has 0 fully saturated rings. The molecule has 0 saturated carbocycles. The summed E-state index contributed by atoms with van der Waals surface area (Å²) < 4.78 is 5.31. The lowest BCUT2D eigenvalue weighted by atomic mass is 10.3. The number of rotatable bonds is 5. The van der Waals surface area contributed by atoms with Gasteiger partial charge >= 0.3 is 5.97 Å². The molecular weight excluding hydrogens is 188 g/mol. The van der Waals surface area contributed by atoms with Crippen molar-refractivity contribution in [2.45, 2.75) is 24.9 Å². The summed E-state index contributed by atoms with van der Waals surface area (Å²) in [6.45, 7) is 1.89. The van der Waals surface area contributed by atoms with Gasteiger partial charge in [0.1, 0.15) is 5.76 Å². The molecule has 0 radical (unpaired) electrons. The molecule has 72 valence electrons. The monoisotopic (exact) mass is 200 g/mol. The summed E-state index contributed by atoms with van der Waals surface area (Å²) in [6, 6.07) is 3.81. The molecule has 0 aromatic carbocycles. The van der Waals surface area contributed by atoms with E-state index in [9.17, 15) is 4.79 Å². The Morgan fingerprint density at radius 3 is 2.92 bits per heavy atom. The molecule has 4 heteroatoms. The van der Waals surface area contributed by atoms with Gasteiger partial charge in [0, 0.05) is 12.2 Å². The average molecular weight is 200 g/mol. The number of carboxylic acids is 1. The number of furan rings is 1. The minimum atomic E-state index is -0.740. The van der Waals surface area contributed by atoms with Crippen LogP contribution in [0.15, 0.2) is 21.6 Å². The number of hydrogen-bond donors (Lipinski definition) is 1. The smallest absolute Gasteiger partial charge is 0.303 e. The minimum absolute atomic E-state index is 0.229. The standard InChI is InChI=1S/C9H12O3S/c1-7-4-5-9(12-7)13-6-2-3-8(10)11/h4-5H,2-3,6H2,1H3,(H,10,11). The van der Waals surface area contributed by atoms with Crippen LogP contribution < -0.4 is 0 Å². The van der Waals surface area contributed by atoms with Gasteiger partial charge in [-0.3, -0.25) is 4.79 Å². The highest BCUT2D eigenvalue weighted by Gasteiger charge is 2.00. The van der Waals surface area contributed by atoms with Crippen molar-refractivity contribution < 1.29 is 14.3 Å². The highest BCUT2D eigenvalue weighted by Crippen LogP contribution is 2.21. The lowest BCUT2D eigenvalue weighted by Gasteiger charge is -1.95. The highest BCUT2D eigenvalue weighted by molar-refractivity contribution is 7.99. The first-order valence-corrected chi connectivity index (χ1v) is 5.08. The molecule has 0 aliphatic rings. The molecule has 0 aliphatic carbocycles. The summed E-state index contributed by atoms with van der Waals surface area (Å²) >= 11 is 1.55. The summed E-state index contributed by atoms with van der Waals surface area (Å²) in [5.41, 5.74) is 0. The van der Waals surface area contributed by atoms with E-state index in [0.717, 1.165) is 16.6 Å². The summed E-state index contributed by atoms with van der Waals surface area (Å²) in [6.07, 6.45) is 0.909. The number of carbonyl (C=O) groups is 1. The second kappa shape index (κ2) is 4.97. The molecule has 1 heterocycles. The summed E-state index contributed by atoms with van der Waals surface area (Å²) in [7, 11) is 0. The van der Waals surface area contributed by atoms with Crippen LogP contribution in [0.4, 0.5) is 0 Å². The van der Waals surface area contributed by atoms with Gasteiger partial charge in [-0.1, -0.05) is 11.8 Å². The Labute approximate surface area is 81.1 Å². The Kier molecular flexibility index (Phi) is 3.89. The summed E-state index contributed by atoms with van der Waals surface area (Å²) in [4.78, 5) is 10.2. The largest absolute Gasteiger partial charge is 0.481 e. The van der Waals surface area contributed by atoms with E-state index >= 15 is 0 Å². The minimum Gasteiger partial charge on any atom is -0.481 e. The topological polar surface area (TPSA) is 50.4 Å². The van der Waals surface area contributed by atoms with Crippen molar-refractivity contribution in [3.8, 4) is 0 Å². The van der Waals surface area contributed by atoms with Gasteiger partial charge in [0.15, 0.2) is 5.09 Å². The Bertz CT molecular complexity index is 280. The third-order valence-corrected chi connectivity index (χ3v) is 2.49. The van der Waals surface area contributed by atoms with E-state index < -0.39 is 5.97 Å². The van der Waals surface area contributed by atoms with Crippen molar-refractivity contribution in [1.29, 1.82) is 0 Å². The molecule has 0 bridgehead atoms. The number of thioether (sulfide) groups is 1. The first kappa shape index (κ1) is 10.2. The molecule has 1 aromatic heterocycles. The highest BCUT2D eigenvalue weighted by atomic mass is 32.2. The van der Waals surface area contributed by atoms with Crippen LogP contribution in [0.3, 0.4) is 0 Å². The first-order chi connectivity index (χ1) is 6.18. The first-order valence-electron chi connectivity index (χ1n) is 4.09. The predicted octanol–water partition coefficient (Wildman–Crippen LogP) is 2.54. The lowest BCUT2D eigenvalue weighted by Crippen LogP contribution is -1.94. The van der Waals surface area contributed by atoms with E-state index in [4.69, 9.17) is 9.52 Å². The SMILES string of the molecule is Cc1ccc(SCCCC(=O)O)o1. The van der Waals surface area contributed by atoms with Crippen LogP contribution in [0.2, 0.25) is 0 Å². The zero-order valence-electron chi connectivity index (χ0n) is 7.45. The van der Waals surface area contributed by atoms with Crippen LogP contribution in [-0.4, -0.2) is 16.8 Å². The summed E-state index contributed by atoms with van der Waals surface area (Å²) in [5, 5.41) is 9.25. The molecule has 0 unspecified atom stereocenters. The number of carboxylic acid groups (broad SMARTS) is 1. The maximum absolute atomic E-state index is 10.2. The van der Waals surface area contributed by atoms with Gasteiger partial charge in [-0.05, 0) is 25.5 Å². The van der Waals surface area contributed by atoms with Gasteiger partial charge < -0.3 is 9.52 Å². The fourth-order valence-corrected chi connectivity index (χ4v) is 1.73. The van der Waals surface area contributed by atoms with Crippen molar-refractivity contribution >= 4 is 17.7 Å². The Balaban J connectivity index is 2.16. The molecule has 3 nitrogen and oxygen atoms in total. The number of hydrogen-bond acceptors (Lipinski definition) is 3. The molecule has 13 heavy (non-hydrogen) atoms. The van der Waals surface area contributed by atoms with Crippen molar-refractivity contribution in [2.24, 2.45) is 0 Å². The molecule has 1 N–H and O–H groups in total. The van der Waals surface area contributed by atoms with E-state index in [0.29, 0.717) is 6.42 Å². The van der Waals surface area contributed by atoms with Gasteiger partial charge in [-0.2, -0.15) is 0 Å². The van der Waals surface area contributed by atoms with Gasteiger partial charge in [0.05, 0.1) is 0 Å². The molecule has 1 rings (SSSR count). The normalized spacial score (nSPS) is 10.2. The quantitative estimate of drug-likeness (QED) is 0.586.